The molecule has 4 atom stereocenters. The average Bonchev–Trinajstić information content (AvgIpc) is 3.27. The minimum atomic E-state index is -1.27. The van der Waals surface area contributed by atoms with Gasteiger partial charge in [-0.25, -0.2) is 4.79 Å². The molecular formula is C23H34N8O6. The van der Waals surface area contributed by atoms with E-state index in [1.165, 1.54) is 6.92 Å². The number of benzene rings is 1. The van der Waals surface area contributed by atoms with E-state index in [0.29, 0.717) is 12.0 Å². The Labute approximate surface area is 213 Å². The number of amides is 3. The van der Waals surface area contributed by atoms with Crippen LogP contribution in [0.25, 0.3) is 10.9 Å². The molecule has 0 fully saturated rings. The lowest BCUT2D eigenvalue weighted by molar-refractivity contribution is -0.142. The summed E-state index contributed by atoms with van der Waals surface area (Å²) in [7, 11) is 0. The topological polar surface area (TPSA) is 251 Å². The van der Waals surface area contributed by atoms with E-state index in [4.69, 9.17) is 22.3 Å². The summed E-state index contributed by atoms with van der Waals surface area (Å²) in [5.74, 6) is -3.56. The van der Waals surface area contributed by atoms with E-state index in [0.717, 1.165) is 10.9 Å². The summed E-state index contributed by atoms with van der Waals surface area (Å²) in [6.07, 6.45) is 2.07. The van der Waals surface area contributed by atoms with E-state index < -0.39 is 54.5 Å². The zero-order chi connectivity index (χ0) is 27.5. The minimum absolute atomic E-state index is 0.00522. The van der Waals surface area contributed by atoms with Crippen molar-refractivity contribution in [2.75, 3.05) is 13.2 Å². The smallest absolute Gasteiger partial charge is 0.326 e. The maximum Gasteiger partial charge on any atom is 0.326 e. The molecule has 2 rings (SSSR count). The SMILES string of the molecule is CC(NC(=O)C(N)CO)C(=O)NC(CCCN=C(N)N)C(=O)NC(Cc1c[nH]c2ccccc12)C(=O)O. The Balaban J connectivity index is 2.13. The Kier molecular flexibility index (Phi) is 10.8. The molecule has 4 unspecified atom stereocenters. The maximum absolute atomic E-state index is 13.1. The van der Waals surface area contributed by atoms with Crippen LogP contribution in [0.3, 0.4) is 0 Å². The minimum Gasteiger partial charge on any atom is -0.480 e. The van der Waals surface area contributed by atoms with Crippen molar-refractivity contribution in [2.24, 2.45) is 22.2 Å². The van der Waals surface area contributed by atoms with Crippen molar-refractivity contribution in [3.05, 3.63) is 36.0 Å². The van der Waals surface area contributed by atoms with E-state index in [1.807, 2.05) is 24.3 Å². The van der Waals surface area contributed by atoms with Crippen molar-refractivity contribution < 1.29 is 29.4 Å². The number of aliphatic carboxylic acids is 1. The highest BCUT2D eigenvalue weighted by Crippen LogP contribution is 2.19. The Morgan fingerprint density at radius 2 is 1.70 bits per heavy atom. The zero-order valence-electron chi connectivity index (χ0n) is 20.4. The van der Waals surface area contributed by atoms with Crippen LogP contribution in [0.15, 0.2) is 35.5 Å². The van der Waals surface area contributed by atoms with Gasteiger partial charge in [-0.1, -0.05) is 18.2 Å². The molecule has 1 heterocycles. The number of nitrogens with zero attached hydrogens (tertiary/aromatic N) is 1. The molecule has 37 heavy (non-hydrogen) atoms. The standard InChI is InChI=1S/C23H34N8O6/c1-12(29-20(34)15(24)11-32)19(33)30-17(7-4-8-27-23(25)26)21(35)31-18(22(36)37)9-13-10-28-16-6-3-2-5-14(13)16/h2-3,5-6,10,12,15,17-18,28,32H,4,7-9,11,24H2,1H3,(H,29,34)(H,30,33)(H,31,35)(H,36,37)(H4,25,26,27). The van der Waals surface area contributed by atoms with Crippen LogP contribution in [-0.2, 0) is 25.6 Å². The van der Waals surface area contributed by atoms with Crippen LogP contribution in [0.5, 0.6) is 0 Å². The maximum atomic E-state index is 13.1. The van der Waals surface area contributed by atoms with Crippen LogP contribution < -0.4 is 33.2 Å². The zero-order valence-corrected chi connectivity index (χ0v) is 20.4. The Hall–Kier alpha value is -4.17. The number of carboxylic acids is 1. The number of carboxylic acid groups (broad SMARTS) is 1. The van der Waals surface area contributed by atoms with Crippen molar-refractivity contribution in [3.8, 4) is 0 Å². The molecule has 1 aromatic carbocycles. The monoisotopic (exact) mass is 518 g/mol. The lowest BCUT2D eigenvalue weighted by Gasteiger charge is -2.23. The predicted molar refractivity (Wildman–Crippen MR) is 136 cm³/mol. The number of rotatable bonds is 14. The third kappa shape index (κ3) is 8.77. The fraction of sp³-hybridized carbons (Fsp3) is 0.435. The summed E-state index contributed by atoms with van der Waals surface area (Å²) in [5, 5.41) is 26.9. The van der Waals surface area contributed by atoms with Gasteiger partial charge in [0.05, 0.1) is 6.61 Å². The summed E-state index contributed by atoms with van der Waals surface area (Å²) in [5.41, 5.74) is 17.6. The highest BCUT2D eigenvalue weighted by molar-refractivity contribution is 5.94. The number of aliphatic imine (C=N–C) groups is 1. The third-order valence-corrected chi connectivity index (χ3v) is 5.58. The molecule has 1 aromatic heterocycles. The van der Waals surface area contributed by atoms with Crippen LogP contribution in [-0.4, -0.2) is 82.2 Å². The molecular weight excluding hydrogens is 484 g/mol. The van der Waals surface area contributed by atoms with E-state index >= 15 is 0 Å². The number of nitrogens with one attached hydrogen (secondary N) is 4. The third-order valence-electron chi connectivity index (χ3n) is 5.58. The molecule has 0 saturated heterocycles. The van der Waals surface area contributed by atoms with Crippen LogP contribution in [0.1, 0.15) is 25.3 Å². The Bertz CT molecular complexity index is 1130. The number of hydrogen-bond acceptors (Lipinski definition) is 7. The largest absolute Gasteiger partial charge is 0.480 e. The second-order valence-electron chi connectivity index (χ2n) is 8.49. The van der Waals surface area contributed by atoms with Gasteiger partial charge in [0.15, 0.2) is 5.96 Å². The molecule has 14 heteroatoms. The van der Waals surface area contributed by atoms with E-state index in [9.17, 15) is 24.3 Å². The number of aliphatic hydroxyl groups excluding tert-OH is 1. The van der Waals surface area contributed by atoms with Crippen molar-refractivity contribution in [1.29, 1.82) is 0 Å². The van der Waals surface area contributed by atoms with Gasteiger partial charge in [-0.3, -0.25) is 19.4 Å². The van der Waals surface area contributed by atoms with Gasteiger partial charge in [0.2, 0.25) is 17.7 Å². The van der Waals surface area contributed by atoms with Gasteiger partial charge in [0.1, 0.15) is 24.2 Å². The first kappa shape index (κ1) is 29.1. The number of H-pyrrole nitrogens is 1. The molecule has 0 aliphatic heterocycles. The number of carbonyl (C=O) groups excluding carboxylic acids is 3. The summed E-state index contributed by atoms with van der Waals surface area (Å²) in [4.78, 5) is 56.5. The van der Waals surface area contributed by atoms with Gasteiger partial charge in [-0.05, 0) is 31.4 Å². The number of hydrogen-bond donors (Lipinski definition) is 9. The first-order chi connectivity index (χ1) is 17.5. The molecule has 3 amide bonds. The Morgan fingerprint density at radius 1 is 1.03 bits per heavy atom. The van der Waals surface area contributed by atoms with Gasteiger partial charge < -0.3 is 48.3 Å². The normalized spacial score (nSPS) is 14.1. The number of aromatic nitrogens is 1. The second kappa shape index (κ2) is 13.8. The summed E-state index contributed by atoms with van der Waals surface area (Å²) < 4.78 is 0. The molecule has 0 aliphatic carbocycles. The fourth-order valence-electron chi connectivity index (χ4n) is 3.53. The van der Waals surface area contributed by atoms with E-state index in [1.54, 1.807) is 6.20 Å². The number of guanidine groups is 1. The molecule has 0 saturated carbocycles. The number of aromatic amines is 1. The van der Waals surface area contributed by atoms with E-state index in [2.05, 4.69) is 25.9 Å². The van der Waals surface area contributed by atoms with Crippen LogP contribution in [0, 0.1) is 0 Å². The average molecular weight is 519 g/mol. The van der Waals surface area contributed by atoms with Crippen molar-refractivity contribution in [2.45, 2.75) is 50.4 Å². The Morgan fingerprint density at radius 3 is 2.35 bits per heavy atom. The van der Waals surface area contributed by atoms with Gasteiger partial charge >= 0.3 is 5.97 Å². The van der Waals surface area contributed by atoms with Crippen molar-refractivity contribution in [1.82, 2.24) is 20.9 Å². The number of aliphatic hydroxyl groups is 1. The number of fused-ring (bicyclic) bond motifs is 1. The van der Waals surface area contributed by atoms with Crippen LogP contribution in [0.4, 0.5) is 0 Å². The number of para-hydroxylation sites is 1. The van der Waals surface area contributed by atoms with Crippen LogP contribution >= 0.6 is 0 Å². The molecule has 0 radical (unpaired) electrons. The van der Waals surface area contributed by atoms with Gasteiger partial charge in [0.25, 0.3) is 0 Å². The molecule has 12 N–H and O–H groups in total. The van der Waals surface area contributed by atoms with E-state index in [-0.39, 0.29) is 25.3 Å². The summed E-state index contributed by atoms with van der Waals surface area (Å²) in [6.45, 7) is 0.948. The highest BCUT2D eigenvalue weighted by atomic mass is 16.4. The quantitative estimate of drug-likeness (QED) is 0.0735. The molecule has 0 aliphatic rings. The molecule has 202 valence electrons. The molecule has 0 bridgehead atoms. The van der Waals surface area contributed by atoms with Crippen LogP contribution in [0.2, 0.25) is 0 Å². The van der Waals surface area contributed by atoms with Crippen molar-refractivity contribution >= 4 is 40.6 Å². The van der Waals surface area contributed by atoms with Gasteiger partial charge in [-0.15, -0.1) is 0 Å². The van der Waals surface area contributed by atoms with Gasteiger partial charge in [0, 0.05) is 30.1 Å². The number of nitrogens with two attached hydrogens (primary N) is 3. The fourth-order valence-corrected chi connectivity index (χ4v) is 3.53. The summed E-state index contributed by atoms with van der Waals surface area (Å²) >= 11 is 0. The lowest BCUT2D eigenvalue weighted by Crippen LogP contribution is -2.56. The highest BCUT2D eigenvalue weighted by Gasteiger charge is 2.29. The first-order valence-corrected chi connectivity index (χ1v) is 11.6. The lowest BCUT2D eigenvalue weighted by atomic mass is 10.0. The second-order valence-corrected chi connectivity index (χ2v) is 8.49. The first-order valence-electron chi connectivity index (χ1n) is 11.6. The predicted octanol–water partition coefficient (Wildman–Crippen LogP) is -2.36. The van der Waals surface area contributed by atoms with Crippen molar-refractivity contribution in [3.63, 3.8) is 0 Å². The molecule has 0 spiro atoms. The number of carbonyl (C=O) groups is 4. The summed E-state index contributed by atoms with van der Waals surface area (Å²) in [6, 6.07) is 2.64. The molecule has 14 nitrogen and oxygen atoms in total. The molecule has 2 aromatic rings. The van der Waals surface area contributed by atoms with Gasteiger partial charge in [-0.2, -0.15) is 0 Å².